The fraction of sp³-hybridized carbons (Fsp3) is 0.200. The van der Waals surface area contributed by atoms with E-state index in [2.05, 4.69) is 0 Å². The number of carbonyl (C=O) groups is 2. The van der Waals surface area contributed by atoms with Gasteiger partial charge >= 0.3 is 5.97 Å². The number of amides is 1. The van der Waals surface area contributed by atoms with Crippen LogP contribution < -0.4 is 4.74 Å². The summed E-state index contributed by atoms with van der Waals surface area (Å²) >= 11 is 5.79. The van der Waals surface area contributed by atoms with Crippen LogP contribution in [0.25, 0.3) is 6.08 Å². The van der Waals surface area contributed by atoms with Gasteiger partial charge in [0.2, 0.25) is 0 Å². The van der Waals surface area contributed by atoms with Crippen LogP contribution in [0.3, 0.4) is 0 Å². The van der Waals surface area contributed by atoms with Gasteiger partial charge in [-0.25, -0.2) is 9.18 Å². The van der Waals surface area contributed by atoms with Crippen LogP contribution in [0, 0.1) is 5.82 Å². The van der Waals surface area contributed by atoms with Crippen molar-refractivity contribution < 1.29 is 23.5 Å². The van der Waals surface area contributed by atoms with Crippen LogP contribution in [0.2, 0.25) is 5.02 Å². The maximum absolute atomic E-state index is 13.7. The third-order valence-electron chi connectivity index (χ3n) is 3.68. The second kappa shape index (κ2) is 9.73. The van der Waals surface area contributed by atoms with Crippen molar-refractivity contribution in [1.82, 2.24) is 4.90 Å². The van der Waals surface area contributed by atoms with Crippen molar-refractivity contribution in [2.45, 2.75) is 6.54 Å². The molecule has 0 aromatic heterocycles. The first kappa shape index (κ1) is 20.5. The van der Waals surface area contributed by atoms with E-state index in [-0.39, 0.29) is 12.3 Å². The van der Waals surface area contributed by atoms with Crippen LogP contribution >= 0.6 is 11.6 Å². The van der Waals surface area contributed by atoms with Crippen LogP contribution in [-0.4, -0.2) is 37.5 Å². The summed E-state index contributed by atoms with van der Waals surface area (Å²) in [7, 11) is 2.92. The molecule has 0 aliphatic carbocycles. The first-order valence-electron chi connectivity index (χ1n) is 8.06. The number of rotatable bonds is 7. The smallest absolute Gasteiger partial charge is 0.331 e. The molecule has 0 unspecified atom stereocenters. The number of likely N-dealkylation sites (N-methyl/N-ethyl adjacent to an activating group) is 1. The summed E-state index contributed by atoms with van der Waals surface area (Å²) in [6.45, 7) is -0.225. The molecule has 0 fully saturated rings. The van der Waals surface area contributed by atoms with E-state index < -0.39 is 24.3 Å². The van der Waals surface area contributed by atoms with Crippen LogP contribution in [0.1, 0.15) is 11.1 Å². The Morgan fingerprint density at radius 2 is 1.89 bits per heavy atom. The fourth-order valence-electron chi connectivity index (χ4n) is 2.20. The van der Waals surface area contributed by atoms with Gasteiger partial charge in [0.05, 0.1) is 7.11 Å². The molecule has 0 spiro atoms. The SMILES string of the molecule is COc1ccc(CN(C)C(=O)COC(=O)/C=C/c2ccc(Cl)cc2)cc1F. The highest BCUT2D eigenvalue weighted by Gasteiger charge is 2.13. The summed E-state index contributed by atoms with van der Waals surface area (Å²) in [4.78, 5) is 25.1. The number of ether oxygens (including phenoxy) is 2. The lowest BCUT2D eigenvalue weighted by Gasteiger charge is -2.17. The van der Waals surface area contributed by atoms with Gasteiger partial charge in [-0.2, -0.15) is 0 Å². The lowest BCUT2D eigenvalue weighted by molar-refractivity contribution is -0.147. The molecule has 5 nitrogen and oxygen atoms in total. The van der Waals surface area contributed by atoms with E-state index in [9.17, 15) is 14.0 Å². The Morgan fingerprint density at radius 1 is 1.19 bits per heavy atom. The van der Waals surface area contributed by atoms with Crippen molar-refractivity contribution in [2.24, 2.45) is 0 Å². The molecular formula is C20H19ClFNO4. The van der Waals surface area contributed by atoms with Gasteiger partial charge in [0.15, 0.2) is 18.2 Å². The molecule has 2 aromatic rings. The standard InChI is InChI=1S/C20H19ClFNO4/c1-23(12-15-5-9-18(26-2)17(22)11-15)19(24)13-27-20(25)10-6-14-3-7-16(21)8-4-14/h3-11H,12-13H2,1-2H3/b10-6+. The number of halogens is 2. The fourth-order valence-corrected chi connectivity index (χ4v) is 2.33. The Hall–Kier alpha value is -2.86. The second-order valence-electron chi connectivity index (χ2n) is 5.71. The summed E-state index contributed by atoms with van der Waals surface area (Å²) in [6, 6.07) is 11.3. The minimum absolute atomic E-state index is 0.133. The van der Waals surface area contributed by atoms with Gasteiger partial charge in [0, 0.05) is 24.7 Å². The highest BCUT2D eigenvalue weighted by Crippen LogP contribution is 2.18. The zero-order valence-corrected chi connectivity index (χ0v) is 15.7. The third-order valence-corrected chi connectivity index (χ3v) is 3.93. The van der Waals surface area contributed by atoms with E-state index in [1.807, 2.05) is 0 Å². The number of nitrogens with zero attached hydrogens (tertiary/aromatic N) is 1. The lowest BCUT2D eigenvalue weighted by Crippen LogP contribution is -2.30. The van der Waals surface area contributed by atoms with E-state index in [4.69, 9.17) is 21.1 Å². The Balaban J connectivity index is 1.82. The molecule has 0 bridgehead atoms. The minimum atomic E-state index is -0.637. The first-order chi connectivity index (χ1) is 12.9. The molecule has 0 radical (unpaired) electrons. The van der Waals surface area contributed by atoms with Crippen molar-refractivity contribution in [1.29, 1.82) is 0 Å². The predicted octanol–water partition coefficient (Wildman–Crippen LogP) is 3.70. The topological polar surface area (TPSA) is 55.8 Å². The van der Waals surface area contributed by atoms with Crippen LogP contribution in [0.5, 0.6) is 5.75 Å². The Labute approximate surface area is 161 Å². The number of hydrogen-bond donors (Lipinski definition) is 0. The van der Waals surface area contributed by atoms with E-state index in [0.29, 0.717) is 10.6 Å². The summed E-state index contributed by atoms with van der Waals surface area (Å²) < 4.78 is 23.5. The summed E-state index contributed by atoms with van der Waals surface area (Å²) in [6.07, 6.45) is 2.79. The molecule has 2 aromatic carbocycles. The van der Waals surface area contributed by atoms with Crippen molar-refractivity contribution in [2.75, 3.05) is 20.8 Å². The Morgan fingerprint density at radius 3 is 2.52 bits per heavy atom. The van der Waals surface area contributed by atoms with Crippen molar-refractivity contribution >= 4 is 29.6 Å². The van der Waals surface area contributed by atoms with Crippen molar-refractivity contribution in [3.05, 3.63) is 70.5 Å². The normalized spacial score (nSPS) is 10.7. The molecule has 1 amide bonds. The minimum Gasteiger partial charge on any atom is -0.494 e. The predicted molar refractivity (Wildman–Crippen MR) is 101 cm³/mol. The zero-order valence-electron chi connectivity index (χ0n) is 14.9. The largest absolute Gasteiger partial charge is 0.494 e. The van der Waals surface area contributed by atoms with E-state index in [1.165, 1.54) is 30.2 Å². The molecule has 0 heterocycles. The lowest BCUT2D eigenvalue weighted by atomic mass is 10.2. The van der Waals surface area contributed by atoms with Crippen molar-refractivity contribution in [3.8, 4) is 5.75 Å². The third kappa shape index (κ3) is 6.42. The summed E-state index contributed by atoms with van der Waals surface area (Å²) in [5, 5.41) is 0.597. The molecule has 0 saturated carbocycles. The molecule has 0 atom stereocenters. The summed E-state index contributed by atoms with van der Waals surface area (Å²) in [5.74, 6) is -1.41. The molecule has 0 N–H and O–H groups in total. The van der Waals surface area contributed by atoms with Gasteiger partial charge in [0.25, 0.3) is 5.91 Å². The highest BCUT2D eigenvalue weighted by atomic mass is 35.5. The molecule has 0 saturated heterocycles. The molecule has 7 heteroatoms. The van der Waals surface area contributed by atoms with Crippen LogP contribution in [0.4, 0.5) is 4.39 Å². The van der Waals surface area contributed by atoms with Gasteiger partial charge in [-0.1, -0.05) is 29.8 Å². The van der Waals surface area contributed by atoms with Gasteiger partial charge in [-0.3, -0.25) is 4.79 Å². The van der Waals surface area contributed by atoms with Crippen LogP contribution in [-0.2, 0) is 20.9 Å². The average molecular weight is 392 g/mol. The molecule has 0 aliphatic heterocycles. The number of benzene rings is 2. The van der Waals surface area contributed by atoms with Gasteiger partial charge in [-0.05, 0) is 41.5 Å². The maximum atomic E-state index is 13.7. The number of esters is 1. The Kier molecular flexibility index (Phi) is 7.37. The van der Waals surface area contributed by atoms with Crippen LogP contribution in [0.15, 0.2) is 48.5 Å². The van der Waals surface area contributed by atoms with E-state index >= 15 is 0 Å². The van der Waals surface area contributed by atoms with Crippen molar-refractivity contribution in [3.63, 3.8) is 0 Å². The molecule has 142 valence electrons. The monoisotopic (exact) mass is 391 g/mol. The Bertz CT molecular complexity index is 836. The van der Waals surface area contributed by atoms with Gasteiger partial charge < -0.3 is 14.4 Å². The zero-order chi connectivity index (χ0) is 19.8. The molecule has 0 aliphatic rings. The van der Waals surface area contributed by atoms with E-state index in [0.717, 1.165) is 5.56 Å². The highest BCUT2D eigenvalue weighted by molar-refractivity contribution is 6.30. The first-order valence-corrected chi connectivity index (χ1v) is 8.43. The molecular weight excluding hydrogens is 373 g/mol. The maximum Gasteiger partial charge on any atom is 0.331 e. The summed E-state index contributed by atoms with van der Waals surface area (Å²) in [5.41, 5.74) is 1.37. The van der Waals surface area contributed by atoms with E-state index in [1.54, 1.807) is 43.5 Å². The number of methoxy groups -OCH3 is 1. The quantitative estimate of drug-likeness (QED) is 0.533. The molecule has 2 rings (SSSR count). The second-order valence-corrected chi connectivity index (χ2v) is 6.15. The number of carbonyl (C=O) groups excluding carboxylic acids is 2. The van der Waals surface area contributed by atoms with Gasteiger partial charge in [-0.15, -0.1) is 0 Å². The molecule has 27 heavy (non-hydrogen) atoms. The average Bonchev–Trinajstić information content (AvgIpc) is 2.65. The van der Waals surface area contributed by atoms with Gasteiger partial charge in [0.1, 0.15) is 0 Å². The number of hydrogen-bond acceptors (Lipinski definition) is 4.